The van der Waals surface area contributed by atoms with Crippen molar-refractivity contribution in [1.82, 2.24) is 58.1 Å². The molecule has 1 aromatic carbocycles. The largest absolute Gasteiger partial charge is 0.481 e. The number of rotatable bonds is 64. The van der Waals surface area contributed by atoms with Crippen molar-refractivity contribution in [1.29, 1.82) is 0 Å². The van der Waals surface area contributed by atoms with Crippen molar-refractivity contribution in [2.45, 2.75) is 299 Å². The van der Waals surface area contributed by atoms with Crippen LogP contribution in [0, 0.1) is 5.92 Å². The maximum atomic E-state index is 14.7. The average molecular weight is 1710 g/mol. The summed E-state index contributed by atoms with van der Waals surface area (Å²) in [5.41, 5.74) is 23.4. The van der Waals surface area contributed by atoms with Crippen molar-refractivity contribution in [3.8, 4) is 0 Å². The fraction of sp³-hybridized carbons (Fsp3) is 0.718. The molecule has 118 heavy (non-hydrogen) atoms. The number of carbonyl (C=O) groups is 15. The van der Waals surface area contributed by atoms with Crippen LogP contribution in [-0.2, 0) is 83.1 Å². The Bertz CT molecular complexity index is 3340. The zero-order valence-corrected chi connectivity index (χ0v) is 70.5. The molecule has 1 fully saturated rings. The highest BCUT2D eigenvalue weighted by Crippen LogP contribution is 2.22. The fourth-order valence-corrected chi connectivity index (χ4v) is 13.8. The molecular weight excluding hydrogens is 1580 g/mol. The van der Waals surface area contributed by atoms with E-state index < -0.39 is 199 Å². The molecule has 0 unspecified atom stereocenters. The predicted octanol–water partition coefficient (Wildman–Crippen LogP) is -0.730. The number of carboxylic acids is 3. The number of nitrogens with one attached hydrogen (secondary N) is 10. The molecule has 0 bridgehead atoms. The molecule has 0 saturated carbocycles. The SMILES string of the molecule is CCCCCCCCCCCCCCCCCC(=O)OCCSC[C@H](N)C(=O)N[C@@H](CC(=O)O)C(=O)N[C@@H](CS)C(=O)N[C@@H](Cc1ccccc1)C(=O)N[C@@H](CC(C)C)C(=O)N[C@@H](CO)C(=O)N[C@@H](CCCN=C(N)N)C(=O)N1CCC[C@H]1C(=O)N[C@H](C(=O)N[C@@H](CCC(=O)O)C(=O)N[C@@H](CCCCN)C(=O)N[C@H](C(=O)O)[C@@H](C)O)[C@@H](C)O. The molecule has 14 atom stereocenters. The number of amides is 11. The minimum absolute atomic E-state index is 0.00498. The Morgan fingerprint density at radius 2 is 1.04 bits per heavy atom. The summed E-state index contributed by atoms with van der Waals surface area (Å²) < 4.78 is 5.36. The van der Waals surface area contributed by atoms with Gasteiger partial charge in [-0.3, -0.25) is 72.1 Å². The van der Waals surface area contributed by atoms with E-state index in [4.69, 9.17) is 27.7 Å². The number of nitrogens with two attached hydrogens (primary N) is 4. The average Bonchev–Trinajstić information content (AvgIpc) is 1.73. The van der Waals surface area contributed by atoms with Crippen molar-refractivity contribution >= 4 is 119 Å². The summed E-state index contributed by atoms with van der Waals surface area (Å²) in [4.78, 5) is 208. The molecule has 668 valence electrons. The number of thioether (sulfide) groups is 1. The van der Waals surface area contributed by atoms with Crippen LogP contribution in [0.1, 0.15) is 214 Å². The van der Waals surface area contributed by atoms with Crippen molar-refractivity contribution in [3.63, 3.8) is 0 Å². The number of aliphatic hydroxyl groups is 3. The van der Waals surface area contributed by atoms with E-state index in [1.54, 1.807) is 44.2 Å². The van der Waals surface area contributed by atoms with Gasteiger partial charge in [0.15, 0.2) is 12.0 Å². The number of carbonyl (C=O) groups excluding carboxylic acids is 12. The van der Waals surface area contributed by atoms with E-state index in [1.807, 2.05) is 0 Å². The summed E-state index contributed by atoms with van der Waals surface area (Å²) in [5.74, 6) is -17.2. The summed E-state index contributed by atoms with van der Waals surface area (Å²) in [6.07, 6.45) is 12.6. The standard InChI is InChI=1S/C78H132N16O22S2/c1-6-7-8-9-10-11-12-13-14-15-16-17-18-19-23-33-63(102)116-39-40-118-46-51(80)66(103)87-57(43-62(100)101)71(108)91-59(45-117)73(110)89-56(42-50-28-21-20-22-29-50)70(107)88-55(41-47(2)3)69(106)90-58(44-95)72(109)86-54(31-26-37-83-78(81)82)76(113)94-38-27-32-60(94)74(111)92-64(48(4)96)75(112)85-53(34-35-61(98)99)67(104)84-52(30-24-25-36-79)68(105)93-65(49(5)97)77(114)115/h20-22,28-29,47-49,51-60,64-65,95-97,117H,6-19,23-27,30-46,79-80H2,1-5H3,(H,84,104)(H,85,112)(H,86,109)(H,87,103)(H,88,107)(H,89,110)(H,90,106)(H,91,108)(H,92,111)(H,93,105)(H,98,99)(H,100,101)(H,114,115)(H4,81,82,83)/t48-,49-,51+,52+,53+,54+,55+,56+,57+,58+,59+,60+,64+,65+/m1/s1. The molecule has 1 saturated heterocycles. The van der Waals surface area contributed by atoms with Gasteiger partial charge in [0.05, 0.1) is 31.3 Å². The minimum Gasteiger partial charge on any atom is -0.481 e. The number of hydrogen-bond donors (Lipinski definition) is 21. The van der Waals surface area contributed by atoms with Gasteiger partial charge in [-0.1, -0.05) is 141 Å². The molecule has 24 N–H and O–H groups in total. The van der Waals surface area contributed by atoms with Crippen LogP contribution in [0.15, 0.2) is 35.3 Å². The number of likely N-dealkylation sites (tertiary alicyclic amines) is 1. The van der Waals surface area contributed by atoms with E-state index in [-0.39, 0.29) is 108 Å². The van der Waals surface area contributed by atoms with Gasteiger partial charge in [-0.25, -0.2) is 4.79 Å². The quantitative estimate of drug-likeness (QED) is 0.0126. The molecule has 2 rings (SSSR count). The lowest BCUT2D eigenvalue weighted by atomic mass is 10.0. The van der Waals surface area contributed by atoms with E-state index >= 15 is 0 Å². The Kier molecular flexibility index (Phi) is 53.1. The number of ether oxygens (including phenoxy) is 1. The van der Waals surface area contributed by atoms with E-state index in [0.717, 1.165) is 38.0 Å². The number of hydrogen-bond acceptors (Lipinski definition) is 24. The normalized spacial score (nSPS) is 15.8. The molecule has 38 nitrogen and oxygen atoms in total. The van der Waals surface area contributed by atoms with Crippen LogP contribution < -0.4 is 76.1 Å². The molecule has 0 spiro atoms. The van der Waals surface area contributed by atoms with Crippen LogP contribution in [-0.4, -0.2) is 265 Å². The van der Waals surface area contributed by atoms with Gasteiger partial charge in [0.25, 0.3) is 0 Å². The molecule has 1 aliphatic heterocycles. The third-order valence-corrected chi connectivity index (χ3v) is 20.8. The molecule has 40 heteroatoms. The second kappa shape index (κ2) is 59.7. The van der Waals surface area contributed by atoms with Crippen LogP contribution in [0.5, 0.6) is 0 Å². The number of nitrogens with zero attached hydrogens (tertiary/aromatic N) is 2. The second-order valence-electron chi connectivity index (χ2n) is 30.0. The third kappa shape index (κ3) is 43.1. The lowest BCUT2D eigenvalue weighted by Gasteiger charge is -2.31. The first-order valence-corrected chi connectivity index (χ1v) is 42.7. The van der Waals surface area contributed by atoms with E-state index in [9.17, 15) is 103 Å². The van der Waals surface area contributed by atoms with Crippen molar-refractivity contribution in [2.24, 2.45) is 33.8 Å². The second-order valence-corrected chi connectivity index (χ2v) is 31.5. The summed E-state index contributed by atoms with van der Waals surface area (Å²) >= 11 is 5.45. The molecule has 11 amide bonds. The molecule has 1 heterocycles. The fourth-order valence-electron chi connectivity index (χ4n) is 12.8. The third-order valence-electron chi connectivity index (χ3n) is 19.4. The van der Waals surface area contributed by atoms with Crippen LogP contribution >= 0.6 is 24.4 Å². The zero-order chi connectivity index (χ0) is 88.2. The van der Waals surface area contributed by atoms with Crippen molar-refractivity contribution in [2.75, 3.05) is 50.1 Å². The van der Waals surface area contributed by atoms with Crippen molar-refractivity contribution < 1.29 is 107 Å². The van der Waals surface area contributed by atoms with Gasteiger partial charge in [0, 0.05) is 49.6 Å². The number of esters is 1. The van der Waals surface area contributed by atoms with Crippen LogP contribution in [0.25, 0.3) is 0 Å². The minimum atomic E-state index is -1.91. The number of benzene rings is 1. The van der Waals surface area contributed by atoms with Gasteiger partial charge < -0.3 is 116 Å². The Morgan fingerprint density at radius 1 is 0.551 bits per heavy atom. The summed E-state index contributed by atoms with van der Waals surface area (Å²) in [6, 6.07) is -11.2. The molecule has 1 aromatic rings. The number of aliphatic hydroxyl groups excluding tert-OH is 3. The predicted molar refractivity (Wildman–Crippen MR) is 443 cm³/mol. The molecule has 1 aliphatic rings. The van der Waals surface area contributed by atoms with E-state index in [0.29, 0.717) is 24.2 Å². The number of aliphatic carboxylic acids is 3. The number of unbranched alkanes of at least 4 members (excludes halogenated alkanes) is 15. The van der Waals surface area contributed by atoms with Gasteiger partial charge in [-0.15, -0.1) is 0 Å². The van der Waals surface area contributed by atoms with Gasteiger partial charge >= 0.3 is 23.9 Å². The molecule has 0 aliphatic carbocycles. The van der Waals surface area contributed by atoms with Crippen molar-refractivity contribution in [3.05, 3.63) is 35.9 Å². The first-order chi connectivity index (χ1) is 56.1. The highest BCUT2D eigenvalue weighted by atomic mass is 32.2. The monoisotopic (exact) mass is 1710 g/mol. The lowest BCUT2D eigenvalue weighted by molar-refractivity contribution is -0.145. The molecular formula is C78H132N16O22S2. The van der Waals surface area contributed by atoms with Gasteiger partial charge in [0.1, 0.15) is 67.0 Å². The smallest absolute Gasteiger partial charge is 0.328 e. The maximum absolute atomic E-state index is 14.7. The van der Waals surface area contributed by atoms with Gasteiger partial charge in [-0.05, 0) is 96.1 Å². The zero-order valence-electron chi connectivity index (χ0n) is 68.8. The first-order valence-electron chi connectivity index (χ1n) is 41.0. The first kappa shape index (κ1) is 105. The number of aliphatic imine (C=N–C) groups is 1. The lowest BCUT2D eigenvalue weighted by Crippen LogP contribution is -2.62. The molecule has 0 aromatic heterocycles. The van der Waals surface area contributed by atoms with Gasteiger partial charge in [-0.2, -0.15) is 24.4 Å². The Morgan fingerprint density at radius 3 is 1.59 bits per heavy atom. The van der Waals surface area contributed by atoms with Gasteiger partial charge in [0.2, 0.25) is 65.0 Å². The summed E-state index contributed by atoms with van der Waals surface area (Å²) in [5, 5.41) is 84.6. The van der Waals surface area contributed by atoms with Crippen LogP contribution in [0.3, 0.4) is 0 Å². The van der Waals surface area contributed by atoms with E-state index in [1.165, 1.54) is 82.4 Å². The summed E-state index contributed by atoms with van der Waals surface area (Å²) in [7, 11) is 0. The summed E-state index contributed by atoms with van der Waals surface area (Å²) in [6.45, 7) is 6.74. The maximum Gasteiger partial charge on any atom is 0.328 e. The van der Waals surface area contributed by atoms with Crippen LogP contribution in [0.4, 0.5) is 0 Å². The topological polar surface area (TPSA) is 627 Å². The van der Waals surface area contributed by atoms with E-state index in [2.05, 4.69) is 77.7 Å². The Balaban J connectivity index is 2.27. The van der Waals surface area contributed by atoms with Crippen LogP contribution in [0.2, 0.25) is 0 Å². The number of guanidine groups is 1. The molecule has 0 radical (unpaired) electrons. The Hall–Kier alpha value is -8.96. The highest BCUT2D eigenvalue weighted by molar-refractivity contribution is 7.99. The highest BCUT2D eigenvalue weighted by Gasteiger charge is 2.42. The number of carboxylic acid groups (broad SMARTS) is 3. The number of thiol groups is 1. The Labute approximate surface area is 700 Å².